The molecule has 0 fully saturated rings. The van der Waals surface area contributed by atoms with Gasteiger partial charge in [0.15, 0.2) is 18.1 Å². The van der Waals surface area contributed by atoms with Gasteiger partial charge in [-0.15, -0.1) is 0 Å². The van der Waals surface area contributed by atoms with Crippen molar-refractivity contribution in [1.29, 1.82) is 0 Å². The van der Waals surface area contributed by atoms with Gasteiger partial charge in [0, 0.05) is 17.3 Å². The molecule has 0 spiro atoms. The first-order valence-corrected chi connectivity index (χ1v) is 10.8. The van der Waals surface area contributed by atoms with Crippen LogP contribution in [0.15, 0.2) is 60.7 Å². The van der Waals surface area contributed by atoms with E-state index in [4.69, 9.17) is 32.7 Å². The highest BCUT2D eigenvalue weighted by molar-refractivity contribution is 14.1. The summed E-state index contributed by atoms with van der Waals surface area (Å²) in [5, 5.41) is 7.20. The molecule has 1 amide bonds. The van der Waals surface area contributed by atoms with Crippen LogP contribution in [0.3, 0.4) is 0 Å². The molecule has 0 aliphatic rings. The van der Waals surface area contributed by atoms with Crippen molar-refractivity contribution in [2.45, 2.75) is 6.54 Å². The zero-order chi connectivity index (χ0) is 21.5. The van der Waals surface area contributed by atoms with Crippen LogP contribution in [-0.2, 0) is 11.3 Å². The Hall–Kier alpha value is -2.16. The van der Waals surface area contributed by atoms with Crippen LogP contribution in [0.1, 0.15) is 5.56 Å². The van der Waals surface area contributed by atoms with Gasteiger partial charge in [-0.1, -0.05) is 41.4 Å². The van der Waals surface area contributed by atoms with Gasteiger partial charge in [-0.2, -0.15) is 0 Å². The van der Waals surface area contributed by atoms with Crippen LogP contribution < -0.4 is 20.1 Å². The molecule has 0 unspecified atom stereocenters. The second-order valence-corrected chi connectivity index (χ2v) is 8.30. The van der Waals surface area contributed by atoms with Gasteiger partial charge in [0.1, 0.15) is 0 Å². The fraction of sp³-hybridized carbons (Fsp3) is 0.136. The van der Waals surface area contributed by atoms with Crippen LogP contribution >= 0.6 is 45.8 Å². The number of methoxy groups -OCH3 is 1. The lowest BCUT2D eigenvalue weighted by molar-refractivity contribution is -0.118. The lowest BCUT2D eigenvalue weighted by Crippen LogP contribution is -2.20. The van der Waals surface area contributed by atoms with E-state index >= 15 is 0 Å². The molecule has 0 radical (unpaired) electrons. The first kappa shape index (κ1) is 22.5. The predicted molar refractivity (Wildman–Crippen MR) is 130 cm³/mol. The van der Waals surface area contributed by atoms with E-state index < -0.39 is 0 Å². The molecular weight excluding hydrogens is 538 g/mol. The molecule has 3 rings (SSSR count). The van der Waals surface area contributed by atoms with E-state index in [0.717, 1.165) is 20.5 Å². The average Bonchev–Trinajstić information content (AvgIpc) is 2.72. The summed E-state index contributed by atoms with van der Waals surface area (Å²) in [5.41, 5.74) is 2.48. The van der Waals surface area contributed by atoms with E-state index in [0.29, 0.717) is 28.1 Å². The molecule has 0 aromatic heterocycles. The van der Waals surface area contributed by atoms with Gasteiger partial charge in [0.05, 0.1) is 21.4 Å². The number of halogens is 3. The van der Waals surface area contributed by atoms with Crippen molar-refractivity contribution in [1.82, 2.24) is 0 Å². The predicted octanol–water partition coefficient (Wildman–Crippen LogP) is 6.24. The number of nitrogens with one attached hydrogen (secondary N) is 2. The van der Waals surface area contributed by atoms with Gasteiger partial charge in [-0.3, -0.25) is 4.79 Å². The second kappa shape index (κ2) is 10.7. The molecule has 30 heavy (non-hydrogen) atoms. The van der Waals surface area contributed by atoms with E-state index in [-0.39, 0.29) is 12.5 Å². The summed E-state index contributed by atoms with van der Waals surface area (Å²) < 4.78 is 12.1. The number of para-hydroxylation sites is 1. The second-order valence-electron chi connectivity index (χ2n) is 6.29. The number of benzene rings is 3. The van der Waals surface area contributed by atoms with Crippen molar-refractivity contribution < 1.29 is 14.3 Å². The molecule has 0 heterocycles. The number of rotatable bonds is 8. The molecule has 0 bridgehead atoms. The quantitative estimate of drug-likeness (QED) is 0.323. The molecule has 3 aromatic rings. The Balaban J connectivity index is 1.65. The molecule has 0 saturated heterocycles. The summed E-state index contributed by atoms with van der Waals surface area (Å²) in [6, 6.07) is 18.3. The van der Waals surface area contributed by atoms with Crippen molar-refractivity contribution in [3.8, 4) is 11.5 Å². The maximum absolute atomic E-state index is 12.2. The standard InChI is InChI=1S/C22H19Cl2IN2O3/c1-29-20-10-14(12-26-19-8-7-15(23)11-17(19)24)9-18(25)22(20)30-13-21(28)27-16-5-3-2-4-6-16/h2-11,26H,12-13H2,1H3,(H,27,28). The van der Waals surface area contributed by atoms with Crippen LogP contribution in [0.4, 0.5) is 11.4 Å². The minimum Gasteiger partial charge on any atom is -0.493 e. The Labute approximate surface area is 198 Å². The summed E-state index contributed by atoms with van der Waals surface area (Å²) >= 11 is 14.3. The van der Waals surface area contributed by atoms with Crippen molar-refractivity contribution in [2.24, 2.45) is 0 Å². The topological polar surface area (TPSA) is 59.6 Å². The molecule has 0 atom stereocenters. The highest BCUT2D eigenvalue weighted by Crippen LogP contribution is 2.34. The van der Waals surface area contributed by atoms with E-state index in [9.17, 15) is 4.79 Å². The lowest BCUT2D eigenvalue weighted by Gasteiger charge is -2.15. The first-order valence-electron chi connectivity index (χ1n) is 8.99. The summed E-state index contributed by atoms with van der Waals surface area (Å²) in [6.45, 7) is 0.404. The van der Waals surface area contributed by atoms with Crippen LogP contribution in [0, 0.1) is 3.57 Å². The zero-order valence-electron chi connectivity index (χ0n) is 16.0. The van der Waals surface area contributed by atoms with Crippen molar-refractivity contribution in [3.63, 3.8) is 0 Å². The minimum atomic E-state index is -0.248. The molecule has 0 saturated carbocycles. The normalized spacial score (nSPS) is 10.4. The number of carbonyl (C=O) groups excluding carboxylic acids is 1. The molecule has 2 N–H and O–H groups in total. The number of carbonyl (C=O) groups is 1. The SMILES string of the molecule is COc1cc(CNc2ccc(Cl)cc2Cl)cc(I)c1OCC(=O)Nc1ccccc1. The molecule has 8 heteroatoms. The number of anilines is 2. The number of hydrogen-bond donors (Lipinski definition) is 2. The molecule has 156 valence electrons. The third kappa shape index (κ3) is 6.17. The van der Waals surface area contributed by atoms with Crippen molar-refractivity contribution in [3.05, 3.63) is 79.8 Å². The Morgan fingerprint density at radius 1 is 1.07 bits per heavy atom. The monoisotopic (exact) mass is 556 g/mol. The molecule has 5 nitrogen and oxygen atoms in total. The summed E-state index contributed by atoms with van der Waals surface area (Å²) in [5.74, 6) is 0.824. The van der Waals surface area contributed by atoms with Crippen molar-refractivity contribution in [2.75, 3.05) is 24.4 Å². The van der Waals surface area contributed by atoms with E-state index in [1.807, 2.05) is 48.5 Å². The fourth-order valence-corrected chi connectivity index (χ4v) is 4.00. The van der Waals surface area contributed by atoms with Gasteiger partial charge in [0.2, 0.25) is 0 Å². The lowest BCUT2D eigenvalue weighted by atomic mass is 10.2. The highest BCUT2D eigenvalue weighted by Gasteiger charge is 2.14. The van der Waals surface area contributed by atoms with Crippen molar-refractivity contribution >= 4 is 63.1 Å². The van der Waals surface area contributed by atoms with E-state index in [2.05, 4.69) is 33.2 Å². The Kier molecular flexibility index (Phi) is 8.07. The minimum absolute atomic E-state index is 0.126. The number of hydrogen-bond acceptors (Lipinski definition) is 4. The summed E-state index contributed by atoms with van der Waals surface area (Å²) in [4.78, 5) is 12.2. The Bertz CT molecular complexity index is 1030. The Morgan fingerprint density at radius 2 is 1.83 bits per heavy atom. The fourth-order valence-electron chi connectivity index (χ4n) is 2.70. The van der Waals surface area contributed by atoms with Gasteiger partial charge in [-0.05, 0) is 70.6 Å². The Morgan fingerprint density at radius 3 is 2.53 bits per heavy atom. The van der Waals surface area contributed by atoms with E-state index in [1.165, 1.54) is 0 Å². The molecular formula is C22H19Cl2IN2O3. The van der Waals surface area contributed by atoms with Crippen LogP contribution in [-0.4, -0.2) is 19.6 Å². The third-order valence-electron chi connectivity index (χ3n) is 4.11. The summed E-state index contributed by atoms with van der Waals surface area (Å²) in [6.07, 6.45) is 0. The van der Waals surface area contributed by atoms with Gasteiger partial charge >= 0.3 is 0 Å². The smallest absolute Gasteiger partial charge is 0.262 e. The summed E-state index contributed by atoms with van der Waals surface area (Å²) in [7, 11) is 1.57. The number of ether oxygens (including phenoxy) is 2. The van der Waals surface area contributed by atoms with Crippen LogP contribution in [0.25, 0.3) is 0 Å². The largest absolute Gasteiger partial charge is 0.493 e. The average molecular weight is 557 g/mol. The zero-order valence-corrected chi connectivity index (χ0v) is 19.7. The third-order valence-corrected chi connectivity index (χ3v) is 5.46. The molecule has 0 aliphatic carbocycles. The number of amides is 1. The van der Waals surface area contributed by atoms with E-state index in [1.54, 1.807) is 19.2 Å². The van der Waals surface area contributed by atoms with Gasteiger partial charge in [0.25, 0.3) is 5.91 Å². The first-order chi connectivity index (χ1) is 14.5. The van der Waals surface area contributed by atoms with Gasteiger partial charge in [-0.25, -0.2) is 0 Å². The van der Waals surface area contributed by atoms with Crippen LogP contribution in [0.5, 0.6) is 11.5 Å². The molecule has 0 aliphatic heterocycles. The van der Waals surface area contributed by atoms with Crippen LogP contribution in [0.2, 0.25) is 10.0 Å². The van der Waals surface area contributed by atoms with Gasteiger partial charge < -0.3 is 20.1 Å². The maximum atomic E-state index is 12.2. The highest BCUT2D eigenvalue weighted by atomic mass is 127. The molecule has 3 aromatic carbocycles. The maximum Gasteiger partial charge on any atom is 0.262 e.